The molecule has 1 amide bonds. The SMILES string of the molecule is NC(=O)C#CC(N)C(=O)O. The van der Waals surface area contributed by atoms with Crippen LogP contribution in [0.4, 0.5) is 0 Å². The van der Waals surface area contributed by atoms with E-state index in [0.29, 0.717) is 0 Å². The number of carboxylic acid groups (broad SMARTS) is 1. The lowest BCUT2D eigenvalue weighted by atomic mass is 10.3. The lowest BCUT2D eigenvalue weighted by Crippen LogP contribution is -2.28. The van der Waals surface area contributed by atoms with Crippen LogP contribution in [0.15, 0.2) is 0 Å². The largest absolute Gasteiger partial charge is 0.479 e. The van der Waals surface area contributed by atoms with Gasteiger partial charge in [-0.15, -0.1) is 0 Å². The van der Waals surface area contributed by atoms with Crippen LogP contribution in [0.1, 0.15) is 0 Å². The Labute approximate surface area is 57.0 Å². The van der Waals surface area contributed by atoms with Gasteiger partial charge in [0.05, 0.1) is 0 Å². The van der Waals surface area contributed by atoms with E-state index in [0.717, 1.165) is 0 Å². The zero-order valence-electron chi connectivity index (χ0n) is 5.00. The summed E-state index contributed by atoms with van der Waals surface area (Å²) in [5, 5.41) is 8.12. The molecule has 0 aliphatic rings. The maximum Gasteiger partial charge on any atom is 0.333 e. The third-order valence-corrected chi connectivity index (χ3v) is 0.617. The molecular formula is C5H6N2O3. The molecule has 0 heterocycles. The van der Waals surface area contributed by atoms with E-state index in [1.165, 1.54) is 0 Å². The highest BCUT2D eigenvalue weighted by atomic mass is 16.4. The fourth-order valence-corrected chi connectivity index (χ4v) is 0.211. The van der Waals surface area contributed by atoms with Crippen LogP contribution in [-0.2, 0) is 9.59 Å². The minimum absolute atomic E-state index is 0.892. The van der Waals surface area contributed by atoms with Gasteiger partial charge < -0.3 is 16.6 Å². The summed E-state index contributed by atoms with van der Waals surface area (Å²) in [5.74, 6) is 1.57. The third-order valence-electron chi connectivity index (χ3n) is 0.617. The molecule has 10 heavy (non-hydrogen) atoms. The molecule has 0 aliphatic heterocycles. The standard InChI is InChI=1S/C5H6N2O3/c6-3(5(9)10)1-2-4(7)8/h3H,6H2,(H2,7,8)(H,9,10). The first-order chi connectivity index (χ1) is 4.54. The predicted octanol–water partition coefficient (Wildman–Crippen LogP) is -2.11. The van der Waals surface area contributed by atoms with Crippen LogP contribution in [0.25, 0.3) is 0 Å². The number of carboxylic acids is 1. The van der Waals surface area contributed by atoms with E-state index in [9.17, 15) is 9.59 Å². The second kappa shape index (κ2) is 3.48. The first kappa shape index (κ1) is 8.46. The predicted molar refractivity (Wildman–Crippen MR) is 32.6 cm³/mol. The van der Waals surface area contributed by atoms with Gasteiger partial charge in [0.2, 0.25) is 0 Å². The van der Waals surface area contributed by atoms with Crippen LogP contribution in [-0.4, -0.2) is 23.0 Å². The quantitative estimate of drug-likeness (QED) is 0.364. The highest BCUT2D eigenvalue weighted by Gasteiger charge is 2.05. The van der Waals surface area contributed by atoms with Crippen LogP contribution in [0.3, 0.4) is 0 Å². The first-order valence-corrected chi connectivity index (χ1v) is 2.33. The molecule has 54 valence electrons. The van der Waals surface area contributed by atoms with E-state index >= 15 is 0 Å². The fraction of sp³-hybridized carbons (Fsp3) is 0.200. The Balaban J connectivity index is 4.05. The van der Waals surface area contributed by atoms with Gasteiger partial charge in [0.1, 0.15) is 0 Å². The maximum atomic E-state index is 9.93. The minimum Gasteiger partial charge on any atom is -0.479 e. The highest BCUT2D eigenvalue weighted by molar-refractivity contribution is 5.93. The van der Waals surface area contributed by atoms with Gasteiger partial charge in [0.15, 0.2) is 6.04 Å². The van der Waals surface area contributed by atoms with Gasteiger partial charge in [-0.2, -0.15) is 0 Å². The number of primary amides is 1. The van der Waals surface area contributed by atoms with Crippen LogP contribution >= 0.6 is 0 Å². The molecule has 0 saturated carbocycles. The van der Waals surface area contributed by atoms with Crippen LogP contribution in [0.5, 0.6) is 0 Å². The molecule has 0 aromatic carbocycles. The summed E-state index contributed by atoms with van der Waals surface area (Å²) in [5.41, 5.74) is 9.46. The number of hydrogen-bond donors (Lipinski definition) is 3. The van der Waals surface area contributed by atoms with Crippen molar-refractivity contribution in [2.24, 2.45) is 11.5 Å². The monoisotopic (exact) mass is 142 g/mol. The second-order valence-corrected chi connectivity index (χ2v) is 1.45. The summed E-state index contributed by atoms with van der Waals surface area (Å²) >= 11 is 0. The molecule has 1 atom stereocenters. The normalized spacial score (nSPS) is 10.9. The smallest absolute Gasteiger partial charge is 0.333 e. The summed E-state index contributed by atoms with van der Waals surface area (Å²) in [6, 6.07) is -1.34. The van der Waals surface area contributed by atoms with Gasteiger partial charge in [-0.3, -0.25) is 4.79 Å². The van der Waals surface area contributed by atoms with Crippen molar-refractivity contribution in [1.29, 1.82) is 0 Å². The van der Waals surface area contributed by atoms with Gasteiger partial charge >= 0.3 is 5.97 Å². The Kier molecular flexibility index (Phi) is 2.94. The molecule has 0 bridgehead atoms. The highest BCUT2D eigenvalue weighted by Crippen LogP contribution is 1.72. The fourth-order valence-electron chi connectivity index (χ4n) is 0.211. The summed E-state index contributed by atoms with van der Waals surface area (Å²) < 4.78 is 0. The number of rotatable bonds is 1. The molecule has 5 N–H and O–H groups in total. The van der Waals surface area contributed by atoms with Crippen molar-refractivity contribution >= 4 is 11.9 Å². The Morgan fingerprint density at radius 2 is 2.00 bits per heavy atom. The van der Waals surface area contributed by atoms with E-state index in [2.05, 4.69) is 5.73 Å². The molecule has 0 rings (SSSR count). The van der Waals surface area contributed by atoms with E-state index in [1.54, 1.807) is 0 Å². The van der Waals surface area contributed by atoms with Gasteiger partial charge in [0, 0.05) is 0 Å². The Hall–Kier alpha value is -1.54. The molecule has 5 nitrogen and oxygen atoms in total. The van der Waals surface area contributed by atoms with E-state index in [4.69, 9.17) is 10.8 Å². The van der Waals surface area contributed by atoms with Crippen molar-refractivity contribution in [2.45, 2.75) is 6.04 Å². The van der Waals surface area contributed by atoms with Gasteiger partial charge in [-0.25, -0.2) is 4.79 Å². The number of carbonyl (C=O) groups excluding carboxylic acids is 1. The second-order valence-electron chi connectivity index (χ2n) is 1.45. The zero-order valence-corrected chi connectivity index (χ0v) is 5.00. The molecule has 1 unspecified atom stereocenters. The van der Waals surface area contributed by atoms with Crippen molar-refractivity contribution < 1.29 is 14.7 Å². The summed E-state index contributed by atoms with van der Waals surface area (Å²) in [6.45, 7) is 0. The number of nitrogens with two attached hydrogens (primary N) is 2. The molecular weight excluding hydrogens is 136 g/mol. The van der Waals surface area contributed by atoms with Crippen LogP contribution in [0, 0.1) is 11.8 Å². The summed E-state index contributed by atoms with van der Waals surface area (Å²) in [6.07, 6.45) is 0. The minimum atomic E-state index is -1.34. The molecule has 0 fully saturated rings. The zero-order chi connectivity index (χ0) is 8.15. The molecule has 0 aromatic rings. The third kappa shape index (κ3) is 3.46. The summed E-state index contributed by atoms with van der Waals surface area (Å²) in [7, 11) is 0. The molecule has 0 aliphatic carbocycles. The lowest BCUT2D eigenvalue weighted by Gasteiger charge is -1.91. The average molecular weight is 142 g/mol. The van der Waals surface area contributed by atoms with E-state index in [-0.39, 0.29) is 0 Å². The van der Waals surface area contributed by atoms with Crippen LogP contribution in [0.2, 0.25) is 0 Å². The number of amides is 1. The number of hydrogen-bond acceptors (Lipinski definition) is 3. The number of carbonyl (C=O) groups is 2. The van der Waals surface area contributed by atoms with Crippen molar-refractivity contribution in [3.8, 4) is 11.8 Å². The molecule has 0 radical (unpaired) electrons. The molecule has 0 aromatic heterocycles. The van der Waals surface area contributed by atoms with Crippen molar-refractivity contribution in [1.82, 2.24) is 0 Å². The van der Waals surface area contributed by atoms with Gasteiger partial charge in [0.25, 0.3) is 5.91 Å². The van der Waals surface area contributed by atoms with E-state index in [1.807, 2.05) is 11.8 Å². The Bertz CT molecular complexity index is 213. The van der Waals surface area contributed by atoms with Gasteiger partial charge in [-0.05, 0) is 5.92 Å². The Morgan fingerprint density at radius 3 is 2.30 bits per heavy atom. The van der Waals surface area contributed by atoms with E-state index < -0.39 is 17.9 Å². The molecule has 0 spiro atoms. The van der Waals surface area contributed by atoms with Crippen LogP contribution < -0.4 is 11.5 Å². The Morgan fingerprint density at radius 1 is 1.50 bits per heavy atom. The number of aliphatic carboxylic acids is 1. The maximum absolute atomic E-state index is 9.93. The molecule has 5 heteroatoms. The topological polar surface area (TPSA) is 106 Å². The summed E-state index contributed by atoms with van der Waals surface area (Å²) in [4.78, 5) is 19.9. The molecule has 0 saturated heterocycles. The van der Waals surface area contributed by atoms with Crippen molar-refractivity contribution in [2.75, 3.05) is 0 Å². The van der Waals surface area contributed by atoms with Gasteiger partial charge in [-0.1, -0.05) is 5.92 Å². The average Bonchev–Trinajstić information content (AvgIpc) is 1.82. The lowest BCUT2D eigenvalue weighted by molar-refractivity contribution is -0.137. The first-order valence-electron chi connectivity index (χ1n) is 2.33. The van der Waals surface area contributed by atoms with Crippen molar-refractivity contribution in [3.05, 3.63) is 0 Å². The van der Waals surface area contributed by atoms with Crippen molar-refractivity contribution in [3.63, 3.8) is 0 Å².